The molecule has 0 fully saturated rings. The maximum Gasteiger partial charge on any atom is 0.317 e. The van der Waals surface area contributed by atoms with Crippen molar-refractivity contribution in [3.63, 3.8) is 0 Å². The molecule has 1 aliphatic heterocycles. The van der Waals surface area contributed by atoms with Gasteiger partial charge in [-0.25, -0.2) is 4.79 Å². The lowest BCUT2D eigenvalue weighted by molar-refractivity contribution is 0.186. The van der Waals surface area contributed by atoms with Crippen LogP contribution in [0.4, 0.5) is 4.79 Å². The quantitative estimate of drug-likeness (QED) is 0.860. The van der Waals surface area contributed by atoms with E-state index < -0.39 is 0 Å². The summed E-state index contributed by atoms with van der Waals surface area (Å²) in [6.07, 6.45) is 5.74. The summed E-state index contributed by atoms with van der Waals surface area (Å²) in [5, 5.41) is 3.01. The summed E-state index contributed by atoms with van der Waals surface area (Å²) in [7, 11) is 0. The van der Waals surface area contributed by atoms with Gasteiger partial charge >= 0.3 is 6.03 Å². The minimum Gasteiger partial charge on any atom is -0.467 e. The van der Waals surface area contributed by atoms with Gasteiger partial charge in [-0.1, -0.05) is 30.3 Å². The van der Waals surface area contributed by atoms with Gasteiger partial charge in [-0.15, -0.1) is 0 Å². The molecule has 1 N–H and O–H groups in total. The highest BCUT2D eigenvalue weighted by molar-refractivity contribution is 5.74. The van der Waals surface area contributed by atoms with Crippen molar-refractivity contribution in [3.05, 3.63) is 59.5 Å². The highest BCUT2D eigenvalue weighted by atomic mass is 16.3. The number of benzene rings is 1. The molecule has 0 radical (unpaired) electrons. The maximum absolute atomic E-state index is 12.1. The van der Waals surface area contributed by atoms with Crippen LogP contribution in [-0.4, -0.2) is 24.0 Å². The molecule has 116 valence electrons. The van der Waals surface area contributed by atoms with E-state index in [1.165, 1.54) is 11.1 Å². The Kier molecular flexibility index (Phi) is 4.78. The van der Waals surface area contributed by atoms with Crippen molar-refractivity contribution >= 4 is 6.03 Å². The van der Waals surface area contributed by atoms with Crippen molar-refractivity contribution in [1.29, 1.82) is 0 Å². The number of nitrogens with one attached hydrogen (secondary N) is 1. The molecule has 3 rings (SSSR count). The Hall–Kier alpha value is -2.23. The Balaban J connectivity index is 1.35. The van der Waals surface area contributed by atoms with Crippen molar-refractivity contribution in [2.24, 2.45) is 0 Å². The van der Waals surface area contributed by atoms with Gasteiger partial charge in [0.25, 0.3) is 0 Å². The lowest BCUT2D eigenvalue weighted by Gasteiger charge is -2.26. The summed E-state index contributed by atoms with van der Waals surface area (Å²) < 4.78 is 5.41. The molecule has 1 aliphatic rings. The molecule has 0 saturated carbocycles. The molecule has 1 aromatic heterocycles. The van der Waals surface area contributed by atoms with E-state index in [9.17, 15) is 4.79 Å². The predicted octanol–water partition coefficient (Wildman–Crippen LogP) is 3.37. The van der Waals surface area contributed by atoms with Crippen molar-refractivity contribution in [2.45, 2.75) is 32.2 Å². The molecule has 2 aromatic rings. The third-order valence-electron chi connectivity index (χ3n) is 4.12. The Morgan fingerprint density at radius 3 is 2.91 bits per heavy atom. The summed E-state index contributed by atoms with van der Waals surface area (Å²) in [6.45, 7) is 2.08. The standard InChI is InChI=1S/C18H22N2O2/c21-18(20-12-9-16-10-13-22-17(16)14-20)19-11-5-4-8-15-6-2-1-3-7-15/h1-3,6-7,10,13H,4-5,8-9,11-12,14H2,(H,19,21). The van der Waals surface area contributed by atoms with E-state index in [0.717, 1.165) is 44.5 Å². The van der Waals surface area contributed by atoms with Crippen LogP contribution in [-0.2, 0) is 19.4 Å². The molecule has 2 amide bonds. The molecule has 1 aromatic carbocycles. The molecule has 0 bridgehead atoms. The van der Waals surface area contributed by atoms with Gasteiger partial charge in [0, 0.05) is 13.1 Å². The lowest BCUT2D eigenvalue weighted by Crippen LogP contribution is -2.42. The highest BCUT2D eigenvalue weighted by Gasteiger charge is 2.22. The summed E-state index contributed by atoms with van der Waals surface area (Å²) in [4.78, 5) is 14.0. The van der Waals surface area contributed by atoms with E-state index in [-0.39, 0.29) is 6.03 Å². The molecule has 0 atom stereocenters. The zero-order valence-corrected chi connectivity index (χ0v) is 12.8. The monoisotopic (exact) mass is 298 g/mol. The van der Waals surface area contributed by atoms with Crippen LogP contribution in [0.1, 0.15) is 29.7 Å². The van der Waals surface area contributed by atoms with E-state index in [1.807, 2.05) is 17.0 Å². The smallest absolute Gasteiger partial charge is 0.317 e. The fourth-order valence-electron chi connectivity index (χ4n) is 2.82. The molecule has 0 unspecified atom stereocenters. The molecule has 2 heterocycles. The number of amides is 2. The minimum absolute atomic E-state index is 0.0155. The molecular weight excluding hydrogens is 276 g/mol. The molecule has 0 aliphatic carbocycles. The number of hydrogen-bond donors (Lipinski definition) is 1. The SMILES string of the molecule is O=C(NCCCCc1ccccc1)N1CCc2ccoc2C1. The van der Waals surface area contributed by atoms with Crippen molar-refractivity contribution in [3.8, 4) is 0 Å². The summed E-state index contributed by atoms with van der Waals surface area (Å²) in [5.41, 5.74) is 2.59. The average Bonchev–Trinajstić information content (AvgIpc) is 3.03. The number of carbonyl (C=O) groups is 1. The third-order valence-corrected chi connectivity index (χ3v) is 4.12. The Morgan fingerprint density at radius 1 is 1.18 bits per heavy atom. The molecular formula is C18H22N2O2. The number of fused-ring (bicyclic) bond motifs is 1. The van der Waals surface area contributed by atoms with Crippen LogP contribution in [0.2, 0.25) is 0 Å². The second kappa shape index (κ2) is 7.16. The lowest BCUT2D eigenvalue weighted by atomic mass is 10.1. The molecule has 0 spiro atoms. The number of rotatable bonds is 5. The number of furan rings is 1. The fourth-order valence-corrected chi connectivity index (χ4v) is 2.82. The van der Waals surface area contributed by atoms with Crippen LogP contribution in [0.3, 0.4) is 0 Å². The number of carbonyl (C=O) groups excluding carboxylic acids is 1. The zero-order valence-electron chi connectivity index (χ0n) is 12.8. The first-order chi connectivity index (χ1) is 10.8. The Morgan fingerprint density at radius 2 is 2.05 bits per heavy atom. The second-order valence-corrected chi connectivity index (χ2v) is 5.72. The molecule has 4 nitrogen and oxygen atoms in total. The van der Waals surface area contributed by atoms with Gasteiger partial charge in [-0.3, -0.25) is 0 Å². The van der Waals surface area contributed by atoms with Crippen LogP contribution >= 0.6 is 0 Å². The summed E-state index contributed by atoms with van der Waals surface area (Å²) in [6, 6.07) is 12.5. The third kappa shape index (κ3) is 3.70. The van der Waals surface area contributed by atoms with E-state index in [2.05, 4.69) is 29.6 Å². The topological polar surface area (TPSA) is 45.5 Å². The van der Waals surface area contributed by atoms with Gasteiger partial charge in [0.1, 0.15) is 5.76 Å². The van der Waals surface area contributed by atoms with Crippen LogP contribution in [0.25, 0.3) is 0 Å². The van der Waals surface area contributed by atoms with Crippen molar-refractivity contribution < 1.29 is 9.21 Å². The average molecular weight is 298 g/mol. The zero-order chi connectivity index (χ0) is 15.2. The summed E-state index contributed by atoms with van der Waals surface area (Å²) in [5.74, 6) is 0.922. The van der Waals surface area contributed by atoms with Crippen LogP contribution in [0.5, 0.6) is 0 Å². The minimum atomic E-state index is 0.0155. The van der Waals surface area contributed by atoms with Gasteiger partial charge in [0.15, 0.2) is 0 Å². The Bertz CT molecular complexity index is 607. The van der Waals surface area contributed by atoms with E-state index in [1.54, 1.807) is 6.26 Å². The number of aryl methyl sites for hydroxylation is 1. The molecule has 4 heteroatoms. The number of urea groups is 1. The van der Waals surface area contributed by atoms with Gasteiger partial charge in [0.05, 0.1) is 12.8 Å². The first kappa shape index (κ1) is 14.7. The summed E-state index contributed by atoms with van der Waals surface area (Å²) >= 11 is 0. The second-order valence-electron chi connectivity index (χ2n) is 5.72. The normalized spacial score (nSPS) is 13.7. The van der Waals surface area contributed by atoms with Gasteiger partial charge < -0.3 is 14.6 Å². The predicted molar refractivity (Wildman–Crippen MR) is 85.6 cm³/mol. The largest absolute Gasteiger partial charge is 0.467 e. The van der Waals surface area contributed by atoms with E-state index >= 15 is 0 Å². The molecule has 22 heavy (non-hydrogen) atoms. The van der Waals surface area contributed by atoms with Gasteiger partial charge in [-0.05, 0) is 42.9 Å². The Labute approximate surface area is 131 Å². The van der Waals surface area contributed by atoms with Crippen molar-refractivity contribution in [2.75, 3.05) is 13.1 Å². The van der Waals surface area contributed by atoms with Crippen LogP contribution < -0.4 is 5.32 Å². The van der Waals surface area contributed by atoms with E-state index in [4.69, 9.17) is 4.42 Å². The van der Waals surface area contributed by atoms with Crippen LogP contribution in [0.15, 0.2) is 47.1 Å². The number of nitrogens with zero attached hydrogens (tertiary/aromatic N) is 1. The fraction of sp³-hybridized carbons (Fsp3) is 0.389. The highest BCUT2D eigenvalue weighted by Crippen LogP contribution is 2.19. The first-order valence-corrected chi connectivity index (χ1v) is 7.95. The first-order valence-electron chi connectivity index (χ1n) is 7.95. The molecule has 0 saturated heterocycles. The van der Waals surface area contributed by atoms with E-state index in [0.29, 0.717) is 6.54 Å². The number of unbranched alkanes of at least 4 members (excludes halogenated alkanes) is 1. The van der Waals surface area contributed by atoms with Gasteiger partial charge in [0.2, 0.25) is 0 Å². The van der Waals surface area contributed by atoms with Crippen molar-refractivity contribution in [1.82, 2.24) is 10.2 Å². The maximum atomic E-state index is 12.1. The van der Waals surface area contributed by atoms with Crippen LogP contribution in [0, 0.1) is 0 Å². The number of hydrogen-bond acceptors (Lipinski definition) is 2. The van der Waals surface area contributed by atoms with Gasteiger partial charge in [-0.2, -0.15) is 0 Å².